The van der Waals surface area contributed by atoms with E-state index in [1.165, 1.54) is 17.0 Å². The van der Waals surface area contributed by atoms with E-state index in [0.717, 1.165) is 31.6 Å². The molecule has 1 aliphatic carbocycles. The van der Waals surface area contributed by atoms with Crippen molar-refractivity contribution in [1.82, 2.24) is 24.4 Å². The molecule has 1 amide bonds. The summed E-state index contributed by atoms with van der Waals surface area (Å²) in [5.74, 6) is 0.749. The van der Waals surface area contributed by atoms with Crippen LogP contribution in [0.1, 0.15) is 32.4 Å². The summed E-state index contributed by atoms with van der Waals surface area (Å²) in [4.78, 5) is 29.8. The molecule has 11 heteroatoms. The third-order valence-corrected chi connectivity index (χ3v) is 7.47. The lowest BCUT2D eigenvalue weighted by atomic mass is 10.1. The molecule has 1 saturated carbocycles. The largest absolute Gasteiger partial charge is 0.384 e. The van der Waals surface area contributed by atoms with Crippen LogP contribution in [0.2, 0.25) is 5.02 Å². The number of hydrogen-bond acceptors (Lipinski definition) is 7. The molecule has 1 aromatic carbocycles. The summed E-state index contributed by atoms with van der Waals surface area (Å²) in [7, 11) is 0. The van der Waals surface area contributed by atoms with Crippen LogP contribution in [0.3, 0.4) is 0 Å². The number of aromatic nitrogens is 4. The zero-order valence-corrected chi connectivity index (χ0v) is 22.5. The molecule has 9 nitrogen and oxygen atoms in total. The van der Waals surface area contributed by atoms with Crippen LogP contribution >= 0.6 is 11.6 Å². The van der Waals surface area contributed by atoms with Gasteiger partial charge in [-0.25, -0.2) is 14.4 Å². The quantitative estimate of drug-likeness (QED) is 0.361. The van der Waals surface area contributed by atoms with Gasteiger partial charge in [0.1, 0.15) is 11.4 Å². The van der Waals surface area contributed by atoms with Gasteiger partial charge in [0.25, 0.3) is 0 Å². The van der Waals surface area contributed by atoms with E-state index in [1.807, 2.05) is 17.0 Å². The summed E-state index contributed by atoms with van der Waals surface area (Å²) in [6.07, 6.45) is 4.77. The second kappa shape index (κ2) is 9.77. The summed E-state index contributed by atoms with van der Waals surface area (Å²) in [6, 6.07) is 10.8. The van der Waals surface area contributed by atoms with Gasteiger partial charge in [-0.1, -0.05) is 17.7 Å². The second-order valence-electron chi connectivity index (χ2n) is 10.6. The summed E-state index contributed by atoms with van der Waals surface area (Å²) < 4.78 is 16.3. The van der Waals surface area contributed by atoms with Crippen molar-refractivity contribution >= 4 is 45.9 Å². The second-order valence-corrected chi connectivity index (χ2v) is 11.0. The molecule has 0 radical (unpaired) electrons. The van der Waals surface area contributed by atoms with E-state index in [9.17, 15) is 14.3 Å². The number of carbonyl (C=O) groups excluding carboxylic acids is 1. The van der Waals surface area contributed by atoms with Crippen LogP contribution in [0, 0.1) is 11.7 Å². The minimum absolute atomic E-state index is 0.236. The molecule has 4 heterocycles. The predicted molar refractivity (Wildman–Crippen MR) is 148 cm³/mol. The number of amides is 1. The van der Waals surface area contributed by atoms with E-state index in [4.69, 9.17) is 11.6 Å². The highest BCUT2D eigenvalue weighted by molar-refractivity contribution is 6.33. The normalized spacial score (nSPS) is 16.1. The molecule has 0 atom stereocenters. The lowest BCUT2D eigenvalue weighted by Crippen LogP contribution is -2.49. The Hall–Kier alpha value is -3.76. The van der Waals surface area contributed by atoms with Gasteiger partial charge in [-0.15, -0.1) is 0 Å². The third kappa shape index (κ3) is 5.14. The van der Waals surface area contributed by atoms with E-state index in [1.54, 1.807) is 38.1 Å². The van der Waals surface area contributed by atoms with Crippen molar-refractivity contribution in [3.63, 3.8) is 0 Å². The predicted octanol–water partition coefficient (Wildman–Crippen LogP) is 4.64. The summed E-state index contributed by atoms with van der Waals surface area (Å²) in [5.41, 5.74) is 1.25. The highest BCUT2D eigenvalue weighted by Gasteiger charge is 2.34. The summed E-state index contributed by atoms with van der Waals surface area (Å²) >= 11 is 6.66. The maximum Gasteiger partial charge on any atom is 0.229 e. The van der Waals surface area contributed by atoms with E-state index in [-0.39, 0.29) is 23.2 Å². The van der Waals surface area contributed by atoms with Crippen LogP contribution in [-0.4, -0.2) is 61.6 Å². The number of fused-ring (bicyclic) bond motifs is 1. The Balaban J connectivity index is 1.21. The van der Waals surface area contributed by atoms with Gasteiger partial charge in [-0.2, -0.15) is 4.98 Å². The number of halogens is 2. The van der Waals surface area contributed by atoms with Gasteiger partial charge in [-0.05, 0) is 57.0 Å². The highest BCUT2D eigenvalue weighted by Crippen LogP contribution is 2.34. The molecule has 6 rings (SSSR count). The molecule has 3 aromatic heterocycles. The molecule has 0 bridgehead atoms. The zero-order valence-electron chi connectivity index (χ0n) is 21.7. The third-order valence-electron chi connectivity index (χ3n) is 7.17. The Bertz CT molecular complexity index is 1560. The number of nitrogens with one attached hydrogen (secondary N) is 1. The van der Waals surface area contributed by atoms with Crippen LogP contribution in [0.5, 0.6) is 0 Å². The Morgan fingerprint density at radius 2 is 1.90 bits per heavy atom. The molecule has 2 N–H and O–H groups in total. The van der Waals surface area contributed by atoms with Gasteiger partial charge in [0.05, 0.1) is 21.8 Å². The number of nitrogens with zero attached hydrogens (tertiary/aromatic N) is 6. The molecule has 2 fully saturated rings. The first-order valence-electron chi connectivity index (χ1n) is 13.0. The molecular weight excluding hydrogens is 521 g/mol. The monoisotopic (exact) mass is 549 g/mol. The maximum atomic E-state index is 14.7. The minimum Gasteiger partial charge on any atom is -0.384 e. The topological polar surface area (TPSA) is 99.4 Å². The number of piperazine rings is 1. The number of rotatable bonds is 6. The van der Waals surface area contributed by atoms with Gasteiger partial charge in [0, 0.05) is 50.2 Å². The summed E-state index contributed by atoms with van der Waals surface area (Å²) in [6.45, 7) is 6.15. The van der Waals surface area contributed by atoms with Crippen molar-refractivity contribution in [2.24, 2.45) is 5.92 Å². The van der Waals surface area contributed by atoms with Crippen LogP contribution in [0.25, 0.3) is 16.9 Å². The fourth-order valence-electron chi connectivity index (χ4n) is 4.83. The Morgan fingerprint density at radius 3 is 2.59 bits per heavy atom. The van der Waals surface area contributed by atoms with E-state index < -0.39 is 11.4 Å². The molecule has 1 aliphatic heterocycles. The smallest absolute Gasteiger partial charge is 0.229 e. The Kier molecular flexibility index (Phi) is 6.39. The van der Waals surface area contributed by atoms with E-state index >= 15 is 0 Å². The van der Waals surface area contributed by atoms with Gasteiger partial charge < -0.3 is 20.2 Å². The summed E-state index contributed by atoms with van der Waals surface area (Å²) in [5, 5.41) is 14.3. The first-order chi connectivity index (χ1) is 18.7. The van der Waals surface area contributed by atoms with Gasteiger partial charge in [-0.3, -0.25) is 9.36 Å². The Labute approximate surface area is 230 Å². The lowest BCUT2D eigenvalue weighted by Gasteiger charge is -2.36. The maximum absolute atomic E-state index is 14.7. The molecule has 202 valence electrons. The Morgan fingerprint density at radius 1 is 1.13 bits per heavy atom. The average Bonchev–Trinajstić information content (AvgIpc) is 3.72. The van der Waals surface area contributed by atoms with Gasteiger partial charge >= 0.3 is 0 Å². The van der Waals surface area contributed by atoms with Crippen molar-refractivity contribution in [3.05, 3.63) is 65.3 Å². The van der Waals surface area contributed by atoms with Crippen molar-refractivity contribution in [2.75, 3.05) is 36.4 Å². The minimum atomic E-state index is -1.15. The number of carbonyl (C=O) groups is 1. The molecule has 1 saturated heterocycles. The van der Waals surface area contributed by atoms with E-state index in [2.05, 4.69) is 25.2 Å². The zero-order chi connectivity index (χ0) is 27.3. The standard InChI is InChI=1S/C28H29ClFN7O2/c1-28(2,39)23-4-3-5-24(33-23)37-16-21(30)19-15-31-27(34-25(19)37)32-18-8-9-22(20(29)14-18)35-10-12-36(13-11-35)26(38)17-6-7-17/h3-5,8-9,14-17,39H,6-7,10-13H2,1-2H3,(H,31,32,34). The van der Waals surface area contributed by atoms with E-state index in [0.29, 0.717) is 41.0 Å². The van der Waals surface area contributed by atoms with Crippen LogP contribution < -0.4 is 10.2 Å². The number of benzene rings is 1. The fourth-order valence-corrected chi connectivity index (χ4v) is 5.13. The average molecular weight is 550 g/mol. The SMILES string of the molecule is CC(C)(O)c1cccc(-n2cc(F)c3cnc(Nc4ccc(N5CCN(C(=O)C6CC6)CC5)c(Cl)c4)nc32)n1. The first-order valence-corrected chi connectivity index (χ1v) is 13.4. The molecule has 0 unspecified atom stereocenters. The molecule has 4 aromatic rings. The van der Waals surface area contributed by atoms with Gasteiger partial charge in [0.2, 0.25) is 11.9 Å². The number of hydrogen-bond donors (Lipinski definition) is 2. The lowest BCUT2D eigenvalue weighted by molar-refractivity contribution is -0.132. The molecule has 2 aliphatic rings. The van der Waals surface area contributed by atoms with Crippen molar-refractivity contribution in [1.29, 1.82) is 0 Å². The van der Waals surface area contributed by atoms with Crippen LogP contribution in [0.4, 0.5) is 21.7 Å². The number of pyridine rings is 1. The van der Waals surface area contributed by atoms with Crippen molar-refractivity contribution < 1.29 is 14.3 Å². The first kappa shape index (κ1) is 25.5. The molecule has 39 heavy (non-hydrogen) atoms. The molecular formula is C28H29ClFN7O2. The van der Waals surface area contributed by atoms with Crippen molar-refractivity contribution in [3.8, 4) is 5.82 Å². The molecule has 0 spiro atoms. The number of aliphatic hydroxyl groups is 1. The number of anilines is 3. The fraction of sp³-hybridized carbons (Fsp3) is 0.357. The van der Waals surface area contributed by atoms with Crippen LogP contribution in [0.15, 0.2) is 48.8 Å². The van der Waals surface area contributed by atoms with Crippen molar-refractivity contribution in [2.45, 2.75) is 32.3 Å². The van der Waals surface area contributed by atoms with Gasteiger partial charge in [0.15, 0.2) is 11.5 Å². The van der Waals surface area contributed by atoms with Crippen LogP contribution in [-0.2, 0) is 10.4 Å². The highest BCUT2D eigenvalue weighted by atomic mass is 35.5.